The molecule has 1 aliphatic rings. The molecule has 3 heterocycles. The molecule has 1 saturated heterocycles. The zero-order valence-corrected chi connectivity index (χ0v) is 19.3. The second-order valence-corrected chi connectivity index (χ2v) is 8.43. The first-order chi connectivity index (χ1) is 16.2. The van der Waals surface area contributed by atoms with Crippen LogP contribution >= 0.6 is 0 Å². The van der Waals surface area contributed by atoms with Crippen molar-refractivity contribution in [2.45, 2.75) is 51.7 Å². The molecule has 0 spiro atoms. The van der Waals surface area contributed by atoms with Crippen molar-refractivity contribution in [2.75, 3.05) is 25.1 Å². The van der Waals surface area contributed by atoms with Gasteiger partial charge in [-0.2, -0.15) is 18.2 Å². The Morgan fingerprint density at radius 2 is 1.82 bits per heavy atom. The average Bonchev–Trinajstić information content (AvgIpc) is 3.24. The van der Waals surface area contributed by atoms with Gasteiger partial charge in [-0.15, -0.1) is 5.10 Å². The van der Waals surface area contributed by atoms with E-state index in [4.69, 9.17) is 4.74 Å². The summed E-state index contributed by atoms with van der Waals surface area (Å²) in [7, 11) is 1.64. The summed E-state index contributed by atoms with van der Waals surface area (Å²) in [5.41, 5.74) is 2.88. The number of methoxy groups -OCH3 is 1. The van der Waals surface area contributed by atoms with E-state index in [9.17, 15) is 18.0 Å². The number of aryl methyl sites for hydroxylation is 2. The van der Waals surface area contributed by atoms with Gasteiger partial charge in [0, 0.05) is 42.6 Å². The molecule has 3 aromatic rings. The van der Waals surface area contributed by atoms with Crippen molar-refractivity contribution in [3.63, 3.8) is 0 Å². The van der Waals surface area contributed by atoms with Gasteiger partial charge in [-0.25, -0.2) is 9.50 Å². The van der Waals surface area contributed by atoms with Crippen molar-refractivity contribution in [2.24, 2.45) is 0 Å². The number of carbonyl (C=O) groups excluding carboxylic acids is 1. The van der Waals surface area contributed by atoms with Gasteiger partial charge in [0.05, 0.1) is 7.11 Å². The fourth-order valence-corrected chi connectivity index (χ4v) is 4.30. The van der Waals surface area contributed by atoms with Crippen LogP contribution in [0.1, 0.15) is 42.0 Å². The fourth-order valence-electron chi connectivity index (χ4n) is 4.30. The molecule has 1 fully saturated rings. The summed E-state index contributed by atoms with van der Waals surface area (Å²) in [6, 6.07) is 8.01. The monoisotopic (exact) mass is 476 g/mol. The van der Waals surface area contributed by atoms with Crippen LogP contribution in [0.25, 0.3) is 5.78 Å². The van der Waals surface area contributed by atoms with Crippen molar-refractivity contribution < 1.29 is 22.7 Å². The maximum Gasteiger partial charge on any atom is 0.453 e. The van der Waals surface area contributed by atoms with Crippen LogP contribution in [0.2, 0.25) is 0 Å². The van der Waals surface area contributed by atoms with E-state index < -0.39 is 12.0 Å². The zero-order chi connectivity index (χ0) is 24.5. The van der Waals surface area contributed by atoms with Gasteiger partial charge < -0.3 is 15.0 Å². The Morgan fingerprint density at radius 3 is 2.44 bits per heavy atom. The first kappa shape index (κ1) is 23.8. The number of aromatic nitrogens is 4. The number of halogens is 3. The Morgan fingerprint density at radius 1 is 1.15 bits per heavy atom. The molecule has 182 valence electrons. The lowest BCUT2D eigenvalue weighted by atomic mass is 10.0. The minimum absolute atomic E-state index is 0.0867. The third-order valence-electron chi connectivity index (χ3n) is 6.20. The number of carbonyl (C=O) groups is 1. The SMILES string of the molecule is COc1ccc(N2CCC(NC(=O)CCc3c(C)nc4nc(C(F)(F)F)nn4c3C)CC2)cc1. The summed E-state index contributed by atoms with van der Waals surface area (Å²) in [5.74, 6) is -0.593. The maximum absolute atomic E-state index is 13.0. The largest absolute Gasteiger partial charge is 0.497 e. The third kappa shape index (κ3) is 5.07. The Hall–Kier alpha value is -3.37. The lowest BCUT2D eigenvalue weighted by Gasteiger charge is -2.34. The number of hydrogen-bond donors (Lipinski definition) is 1. The van der Waals surface area contributed by atoms with Crippen LogP contribution in [-0.2, 0) is 17.4 Å². The van der Waals surface area contributed by atoms with Crippen LogP contribution < -0.4 is 15.0 Å². The predicted molar refractivity (Wildman–Crippen MR) is 120 cm³/mol. The lowest BCUT2D eigenvalue weighted by molar-refractivity contribution is -0.144. The van der Waals surface area contributed by atoms with E-state index in [-0.39, 0.29) is 24.1 Å². The predicted octanol–water partition coefficient (Wildman–Crippen LogP) is 3.49. The van der Waals surface area contributed by atoms with E-state index in [1.807, 2.05) is 24.3 Å². The Kier molecular flexibility index (Phi) is 6.63. The van der Waals surface area contributed by atoms with Gasteiger partial charge in [-0.1, -0.05) is 0 Å². The molecular weight excluding hydrogens is 449 g/mol. The average molecular weight is 477 g/mol. The molecule has 2 aromatic heterocycles. The topological polar surface area (TPSA) is 84.6 Å². The zero-order valence-electron chi connectivity index (χ0n) is 19.3. The normalized spacial score (nSPS) is 15.1. The molecule has 34 heavy (non-hydrogen) atoms. The minimum atomic E-state index is -4.64. The Balaban J connectivity index is 1.32. The van der Waals surface area contributed by atoms with Gasteiger partial charge in [0.15, 0.2) is 0 Å². The minimum Gasteiger partial charge on any atom is -0.497 e. The number of amides is 1. The van der Waals surface area contributed by atoms with Crippen LogP contribution in [0.5, 0.6) is 5.75 Å². The number of anilines is 1. The van der Waals surface area contributed by atoms with E-state index in [2.05, 4.69) is 25.3 Å². The van der Waals surface area contributed by atoms with Crippen molar-refractivity contribution in [1.82, 2.24) is 24.9 Å². The fraction of sp³-hybridized carbons (Fsp3) is 0.478. The summed E-state index contributed by atoms with van der Waals surface area (Å²) in [6.45, 7) is 5.05. The number of nitrogens with one attached hydrogen (secondary N) is 1. The van der Waals surface area contributed by atoms with Crippen molar-refractivity contribution in [1.29, 1.82) is 0 Å². The molecule has 1 aromatic carbocycles. The van der Waals surface area contributed by atoms with Crippen molar-refractivity contribution in [3.8, 4) is 5.75 Å². The van der Waals surface area contributed by atoms with Crippen LogP contribution in [0.15, 0.2) is 24.3 Å². The Bertz CT molecular complexity index is 1170. The quantitative estimate of drug-likeness (QED) is 0.587. The highest BCUT2D eigenvalue weighted by Gasteiger charge is 2.37. The van der Waals surface area contributed by atoms with Gasteiger partial charge in [0.2, 0.25) is 5.91 Å². The second kappa shape index (κ2) is 9.47. The molecule has 1 N–H and O–H groups in total. The van der Waals surface area contributed by atoms with Gasteiger partial charge in [-0.3, -0.25) is 4.79 Å². The number of alkyl halides is 3. The molecule has 0 atom stereocenters. The Labute approximate surface area is 195 Å². The number of fused-ring (bicyclic) bond motifs is 1. The standard InChI is InChI=1S/C23H27F3N6O2/c1-14-19(15(2)32-22(27-14)29-21(30-32)23(24,25)26)8-9-20(33)28-16-10-12-31(13-11-16)17-4-6-18(34-3)7-5-17/h4-7,16H,8-13H2,1-3H3,(H,28,33). The summed E-state index contributed by atoms with van der Waals surface area (Å²) >= 11 is 0. The number of piperidine rings is 1. The van der Waals surface area contributed by atoms with E-state index in [1.54, 1.807) is 21.0 Å². The number of benzene rings is 1. The molecule has 1 aliphatic heterocycles. The number of rotatable bonds is 6. The van der Waals surface area contributed by atoms with Crippen LogP contribution in [0.4, 0.5) is 18.9 Å². The van der Waals surface area contributed by atoms with Crippen molar-refractivity contribution in [3.05, 3.63) is 47.0 Å². The molecule has 0 bridgehead atoms. The molecule has 0 saturated carbocycles. The first-order valence-electron chi connectivity index (χ1n) is 11.1. The number of ether oxygens (including phenoxy) is 1. The lowest BCUT2D eigenvalue weighted by Crippen LogP contribution is -2.44. The molecule has 11 heteroatoms. The molecule has 4 rings (SSSR count). The summed E-state index contributed by atoms with van der Waals surface area (Å²) in [4.78, 5) is 22.5. The number of hydrogen-bond acceptors (Lipinski definition) is 6. The van der Waals surface area contributed by atoms with E-state index >= 15 is 0 Å². The second-order valence-electron chi connectivity index (χ2n) is 8.43. The maximum atomic E-state index is 13.0. The van der Waals surface area contributed by atoms with Gasteiger partial charge in [0.1, 0.15) is 5.75 Å². The highest BCUT2D eigenvalue weighted by molar-refractivity contribution is 5.76. The first-order valence-corrected chi connectivity index (χ1v) is 11.1. The van der Waals surface area contributed by atoms with Gasteiger partial charge >= 0.3 is 6.18 Å². The summed E-state index contributed by atoms with van der Waals surface area (Å²) in [6.07, 6.45) is -2.39. The van der Waals surface area contributed by atoms with E-state index in [0.29, 0.717) is 23.4 Å². The van der Waals surface area contributed by atoms with E-state index in [1.165, 1.54) is 0 Å². The van der Waals surface area contributed by atoms with E-state index in [0.717, 1.165) is 41.9 Å². The number of nitrogens with zero attached hydrogens (tertiary/aromatic N) is 5. The molecule has 0 unspecified atom stereocenters. The molecule has 8 nitrogen and oxygen atoms in total. The van der Waals surface area contributed by atoms with Crippen molar-refractivity contribution >= 4 is 17.4 Å². The van der Waals surface area contributed by atoms with Crippen LogP contribution in [0.3, 0.4) is 0 Å². The highest BCUT2D eigenvalue weighted by atomic mass is 19.4. The van der Waals surface area contributed by atoms with Gasteiger partial charge in [-0.05, 0) is 62.9 Å². The summed E-state index contributed by atoms with van der Waals surface area (Å²) < 4.78 is 45.2. The molecule has 0 aliphatic carbocycles. The smallest absolute Gasteiger partial charge is 0.453 e. The molecule has 0 radical (unpaired) electrons. The molecule has 1 amide bonds. The van der Waals surface area contributed by atoms with Gasteiger partial charge in [0.25, 0.3) is 11.6 Å². The third-order valence-corrected chi connectivity index (χ3v) is 6.20. The van der Waals surface area contributed by atoms with Crippen LogP contribution in [0, 0.1) is 13.8 Å². The van der Waals surface area contributed by atoms with Crippen LogP contribution in [-0.4, -0.2) is 51.7 Å². The summed E-state index contributed by atoms with van der Waals surface area (Å²) in [5, 5.41) is 6.64. The molecular formula is C23H27F3N6O2. The highest BCUT2D eigenvalue weighted by Crippen LogP contribution is 2.27.